The number of nitrogens with zero attached hydrogens (tertiary/aromatic N) is 2. The van der Waals surface area contributed by atoms with Crippen molar-refractivity contribution >= 4 is 29.5 Å². The molecule has 4 fully saturated rings. The molecule has 1 spiro atoms. The first kappa shape index (κ1) is 29.9. The van der Waals surface area contributed by atoms with Crippen LogP contribution < -0.4 is 0 Å². The lowest BCUT2D eigenvalue weighted by Crippen LogP contribution is -2.57. The number of allylic oxidation sites excluding steroid dienone is 1. The molecule has 0 radical (unpaired) electrons. The summed E-state index contributed by atoms with van der Waals surface area (Å²) in [5.41, 5.74) is 0.778. The molecule has 41 heavy (non-hydrogen) atoms. The lowest BCUT2D eigenvalue weighted by molar-refractivity contribution is -0.156. The van der Waals surface area contributed by atoms with Gasteiger partial charge in [0.25, 0.3) is 0 Å². The normalized spacial score (nSPS) is 31.5. The van der Waals surface area contributed by atoms with E-state index in [2.05, 4.69) is 20.1 Å². The molecule has 1 saturated carbocycles. The number of carbonyl (C=O) groups excluding carboxylic acids is 3. The summed E-state index contributed by atoms with van der Waals surface area (Å²) >= 11 is 1.65. The van der Waals surface area contributed by atoms with Crippen molar-refractivity contribution in [3.8, 4) is 0 Å². The van der Waals surface area contributed by atoms with E-state index in [-0.39, 0.29) is 37.0 Å². The Balaban J connectivity index is 1.57. The Labute approximate surface area is 248 Å². The Kier molecular flexibility index (Phi) is 9.00. The van der Waals surface area contributed by atoms with Gasteiger partial charge in [0.05, 0.1) is 35.8 Å². The number of aliphatic hydroxyl groups excluding tert-OH is 1. The van der Waals surface area contributed by atoms with E-state index in [1.54, 1.807) is 28.8 Å². The van der Waals surface area contributed by atoms with Gasteiger partial charge in [-0.25, -0.2) is 0 Å². The molecule has 1 N–H and O–H groups in total. The van der Waals surface area contributed by atoms with Gasteiger partial charge in [-0.2, -0.15) is 0 Å². The highest BCUT2D eigenvalue weighted by Gasteiger charge is 2.78. The van der Waals surface area contributed by atoms with Crippen LogP contribution in [0.3, 0.4) is 0 Å². The predicted octanol–water partition coefficient (Wildman–Crippen LogP) is 5.06. The van der Waals surface area contributed by atoms with Gasteiger partial charge in [-0.15, -0.1) is 24.9 Å². The van der Waals surface area contributed by atoms with Crippen LogP contribution in [0, 0.1) is 11.8 Å². The molecule has 3 heterocycles. The second-order valence-electron chi connectivity index (χ2n) is 12.3. The van der Waals surface area contributed by atoms with E-state index in [0.717, 1.165) is 50.5 Å². The summed E-state index contributed by atoms with van der Waals surface area (Å²) in [5.74, 6) is -1.99. The van der Waals surface area contributed by atoms with Crippen LogP contribution >= 0.6 is 11.8 Å². The maximum Gasteiger partial charge on any atom is 0.311 e. The Hall–Kier alpha value is -2.58. The van der Waals surface area contributed by atoms with Gasteiger partial charge in [-0.3, -0.25) is 14.4 Å². The van der Waals surface area contributed by atoms with Gasteiger partial charge in [0, 0.05) is 17.3 Å². The zero-order chi connectivity index (χ0) is 29.2. The average Bonchev–Trinajstić information content (AvgIpc) is 3.56. The minimum absolute atomic E-state index is 0.0845. The number of hydrogen-bond acceptors (Lipinski definition) is 6. The fraction of sp³-hybridized carbons (Fsp3) is 0.606. The Bertz CT molecular complexity index is 1150. The lowest BCUT2D eigenvalue weighted by Gasteiger charge is -2.42. The number of rotatable bonds is 12. The molecular weight excluding hydrogens is 536 g/mol. The maximum atomic E-state index is 14.9. The summed E-state index contributed by atoms with van der Waals surface area (Å²) in [6.45, 7) is 10.1. The molecule has 1 aromatic rings. The lowest BCUT2D eigenvalue weighted by atomic mass is 9.66. The zero-order valence-electron chi connectivity index (χ0n) is 24.2. The molecule has 2 bridgehead atoms. The van der Waals surface area contributed by atoms with Gasteiger partial charge in [-0.05, 0) is 51.0 Å². The number of likely N-dealkylation sites (tertiary alicyclic amines) is 1. The Morgan fingerprint density at radius 1 is 1.17 bits per heavy atom. The molecule has 3 saturated heterocycles. The standard InChI is InChI=1S/C33H44N2O5S/c1-4-6-13-21-40-31(39)27-26-29(37)35(25(22-36)23-14-9-7-10-15-23)28(33(26)19-18-32(27,3)41-33)30(38)34(20-5-2)24-16-11-8-12-17-24/h4-5,7,9-10,14-15,24-28,36H,1-2,6,8,11-13,16-22H2,3H3/t25-,26+,27-,28?,32+,33?/m1/s1. The highest BCUT2D eigenvalue weighted by molar-refractivity contribution is 8.02. The molecule has 2 unspecified atom stereocenters. The summed E-state index contributed by atoms with van der Waals surface area (Å²) < 4.78 is 4.50. The number of aliphatic hydroxyl groups is 1. The highest BCUT2D eigenvalue weighted by Crippen LogP contribution is 2.72. The number of carbonyl (C=O) groups is 3. The number of benzene rings is 1. The smallest absolute Gasteiger partial charge is 0.311 e. The van der Waals surface area contributed by atoms with Gasteiger partial charge in [0.1, 0.15) is 6.04 Å². The third kappa shape index (κ3) is 5.16. The van der Waals surface area contributed by atoms with Crippen LogP contribution in [-0.4, -0.2) is 74.0 Å². The monoisotopic (exact) mass is 580 g/mol. The number of hydrogen-bond donors (Lipinski definition) is 1. The maximum absolute atomic E-state index is 14.9. The van der Waals surface area contributed by atoms with E-state index in [1.165, 1.54) is 0 Å². The Morgan fingerprint density at radius 3 is 2.56 bits per heavy atom. The number of ether oxygens (including phenoxy) is 1. The van der Waals surface area contributed by atoms with Crippen molar-refractivity contribution < 1.29 is 24.2 Å². The molecule has 3 aliphatic heterocycles. The molecule has 2 amide bonds. The summed E-state index contributed by atoms with van der Waals surface area (Å²) in [7, 11) is 0. The first-order chi connectivity index (χ1) is 19.8. The van der Waals surface area contributed by atoms with Crippen molar-refractivity contribution in [2.75, 3.05) is 19.8 Å². The molecule has 1 aromatic carbocycles. The molecule has 7 nitrogen and oxygen atoms in total. The summed E-state index contributed by atoms with van der Waals surface area (Å²) in [6, 6.07) is 8.05. The van der Waals surface area contributed by atoms with E-state index in [1.807, 2.05) is 35.2 Å². The summed E-state index contributed by atoms with van der Waals surface area (Å²) in [4.78, 5) is 46.8. The number of fused-ring (bicyclic) bond motifs is 1. The van der Waals surface area contributed by atoms with Crippen molar-refractivity contribution in [1.29, 1.82) is 0 Å². The topological polar surface area (TPSA) is 87.1 Å². The number of unbranched alkanes of at least 4 members (excludes halogenated alkanes) is 1. The first-order valence-corrected chi connectivity index (χ1v) is 16.0. The minimum atomic E-state index is -0.787. The first-order valence-electron chi connectivity index (χ1n) is 15.2. The van der Waals surface area contributed by atoms with Crippen molar-refractivity contribution in [2.24, 2.45) is 11.8 Å². The van der Waals surface area contributed by atoms with Gasteiger partial charge >= 0.3 is 5.97 Å². The van der Waals surface area contributed by atoms with E-state index in [4.69, 9.17) is 4.74 Å². The quantitative estimate of drug-likeness (QED) is 0.211. The summed E-state index contributed by atoms with van der Waals surface area (Å²) in [5, 5.41) is 10.7. The Morgan fingerprint density at radius 2 is 1.90 bits per heavy atom. The summed E-state index contributed by atoms with van der Waals surface area (Å²) in [6.07, 6.45) is 11.6. The third-order valence-electron chi connectivity index (χ3n) is 9.82. The fourth-order valence-corrected chi connectivity index (χ4v) is 10.3. The molecule has 222 valence electrons. The predicted molar refractivity (Wildman–Crippen MR) is 161 cm³/mol. The molecule has 8 heteroatoms. The minimum Gasteiger partial charge on any atom is -0.465 e. The van der Waals surface area contributed by atoms with E-state index >= 15 is 0 Å². The van der Waals surface area contributed by atoms with Crippen LogP contribution in [0.1, 0.15) is 76.3 Å². The molecular formula is C33H44N2O5S. The van der Waals surface area contributed by atoms with E-state index in [9.17, 15) is 19.5 Å². The van der Waals surface area contributed by atoms with E-state index < -0.39 is 33.4 Å². The molecule has 4 aliphatic rings. The molecule has 1 aliphatic carbocycles. The van der Waals surface area contributed by atoms with Crippen LogP contribution in [0.2, 0.25) is 0 Å². The second-order valence-corrected chi connectivity index (χ2v) is 14.1. The van der Waals surface area contributed by atoms with Crippen LogP contribution in [0.25, 0.3) is 0 Å². The van der Waals surface area contributed by atoms with Crippen molar-refractivity contribution in [1.82, 2.24) is 9.80 Å². The van der Waals surface area contributed by atoms with Crippen LogP contribution in [0.5, 0.6) is 0 Å². The van der Waals surface area contributed by atoms with Gasteiger partial charge < -0.3 is 19.6 Å². The number of thioether (sulfide) groups is 1. The molecule has 0 aromatic heterocycles. The van der Waals surface area contributed by atoms with Crippen molar-refractivity contribution in [3.05, 3.63) is 61.2 Å². The number of amides is 2. The number of esters is 1. The van der Waals surface area contributed by atoms with Crippen LogP contribution in [-0.2, 0) is 19.1 Å². The third-order valence-corrected chi connectivity index (χ3v) is 11.8. The van der Waals surface area contributed by atoms with Gasteiger partial charge in [0.2, 0.25) is 11.8 Å². The van der Waals surface area contributed by atoms with Gasteiger partial charge in [0.15, 0.2) is 0 Å². The highest BCUT2D eigenvalue weighted by atomic mass is 32.2. The average molecular weight is 581 g/mol. The molecule has 6 atom stereocenters. The largest absolute Gasteiger partial charge is 0.465 e. The van der Waals surface area contributed by atoms with Crippen LogP contribution in [0.15, 0.2) is 55.6 Å². The molecule has 5 rings (SSSR count). The fourth-order valence-electron chi connectivity index (χ4n) is 7.96. The SMILES string of the molecule is C=CCCCOC(=O)[C@H]1[C@H]2C(=O)N([C@H](CO)c3ccccc3)C(C(=O)N(CC=C)C3CCCCC3)C23CC[C@]1(C)S3. The van der Waals surface area contributed by atoms with Crippen molar-refractivity contribution in [3.63, 3.8) is 0 Å². The zero-order valence-corrected chi connectivity index (χ0v) is 25.0. The van der Waals surface area contributed by atoms with Crippen molar-refractivity contribution in [2.45, 2.75) is 92.3 Å². The van der Waals surface area contributed by atoms with E-state index in [0.29, 0.717) is 19.4 Å². The van der Waals surface area contributed by atoms with Crippen LogP contribution in [0.4, 0.5) is 0 Å². The second kappa shape index (κ2) is 12.3. The van der Waals surface area contributed by atoms with Gasteiger partial charge in [-0.1, -0.05) is 61.7 Å².